The lowest BCUT2D eigenvalue weighted by atomic mass is 10.1. The zero-order valence-electron chi connectivity index (χ0n) is 11.3. The molecular weight excluding hydrogens is 294 g/mol. The fourth-order valence-electron chi connectivity index (χ4n) is 1.81. The summed E-state index contributed by atoms with van der Waals surface area (Å²) in [5.41, 5.74) is 2.06. The lowest BCUT2D eigenvalue weighted by molar-refractivity contribution is 0.154. The van der Waals surface area contributed by atoms with Gasteiger partial charge in [-0.3, -0.25) is 0 Å². The molecule has 18 heavy (non-hydrogen) atoms. The minimum Gasteiger partial charge on any atom is -0.389 e. The van der Waals surface area contributed by atoms with Crippen molar-refractivity contribution in [3.8, 4) is 0 Å². The van der Waals surface area contributed by atoms with Crippen molar-refractivity contribution in [2.75, 3.05) is 31.2 Å². The Morgan fingerprint density at radius 1 is 1.39 bits per heavy atom. The molecule has 0 heterocycles. The molecule has 1 aromatic rings. The van der Waals surface area contributed by atoms with Crippen LogP contribution in [0.25, 0.3) is 0 Å². The number of benzene rings is 1. The Labute approximate surface area is 118 Å². The van der Waals surface area contributed by atoms with E-state index in [1.165, 1.54) is 0 Å². The molecule has 0 aromatic heterocycles. The summed E-state index contributed by atoms with van der Waals surface area (Å²) < 4.78 is 6.41. The van der Waals surface area contributed by atoms with Crippen molar-refractivity contribution < 1.29 is 9.84 Å². The third-order valence-corrected chi connectivity index (χ3v) is 3.52. The Bertz CT molecular complexity index is 369. The maximum Gasteiger partial charge on any atom is 0.0762 e. The van der Waals surface area contributed by atoms with Gasteiger partial charge < -0.3 is 14.7 Å². The van der Waals surface area contributed by atoms with Crippen LogP contribution in [-0.4, -0.2) is 31.4 Å². The van der Waals surface area contributed by atoms with E-state index in [1.807, 2.05) is 25.1 Å². The number of ether oxygens (including phenoxy) is 1. The first-order chi connectivity index (χ1) is 8.60. The van der Waals surface area contributed by atoms with Crippen LogP contribution >= 0.6 is 15.9 Å². The van der Waals surface area contributed by atoms with Gasteiger partial charge >= 0.3 is 0 Å². The van der Waals surface area contributed by atoms with E-state index < -0.39 is 6.10 Å². The molecule has 1 N–H and O–H groups in total. The van der Waals surface area contributed by atoms with Crippen molar-refractivity contribution in [2.45, 2.75) is 26.9 Å². The molecule has 0 aliphatic carbocycles. The summed E-state index contributed by atoms with van der Waals surface area (Å²) in [6.07, 6.45) is -0.436. The Kier molecular flexibility index (Phi) is 6.68. The van der Waals surface area contributed by atoms with Crippen LogP contribution in [0.15, 0.2) is 22.7 Å². The van der Waals surface area contributed by atoms with Gasteiger partial charge in [0.2, 0.25) is 0 Å². The number of rotatable bonds is 7. The zero-order valence-corrected chi connectivity index (χ0v) is 12.9. The molecule has 0 spiro atoms. The van der Waals surface area contributed by atoms with Crippen LogP contribution in [0, 0.1) is 0 Å². The molecule has 1 rings (SSSR count). The van der Waals surface area contributed by atoms with Gasteiger partial charge in [-0.1, -0.05) is 6.07 Å². The van der Waals surface area contributed by atoms with Crippen LogP contribution < -0.4 is 4.90 Å². The zero-order chi connectivity index (χ0) is 13.5. The van der Waals surface area contributed by atoms with E-state index in [-0.39, 0.29) is 0 Å². The summed E-state index contributed by atoms with van der Waals surface area (Å²) in [7, 11) is 0. The molecule has 3 nitrogen and oxygen atoms in total. The number of nitrogens with zero attached hydrogens (tertiary/aromatic N) is 1. The molecule has 4 heteroatoms. The molecule has 0 bridgehead atoms. The van der Waals surface area contributed by atoms with Gasteiger partial charge in [-0.2, -0.15) is 0 Å². The second-order valence-corrected chi connectivity index (χ2v) is 5.02. The lowest BCUT2D eigenvalue weighted by Crippen LogP contribution is -2.27. The van der Waals surface area contributed by atoms with Gasteiger partial charge in [0.1, 0.15) is 0 Å². The van der Waals surface area contributed by atoms with E-state index in [1.54, 1.807) is 6.92 Å². The van der Waals surface area contributed by atoms with Gasteiger partial charge in [-0.25, -0.2) is 0 Å². The van der Waals surface area contributed by atoms with E-state index in [0.717, 1.165) is 42.0 Å². The third kappa shape index (κ3) is 4.26. The summed E-state index contributed by atoms with van der Waals surface area (Å²) >= 11 is 3.57. The van der Waals surface area contributed by atoms with Crippen molar-refractivity contribution in [3.63, 3.8) is 0 Å². The van der Waals surface area contributed by atoms with Gasteiger partial charge in [-0.15, -0.1) is 0 Å². The van der Waals surface area contributed by atoms with E-state index in [0.29, 0.717) is 0 Å². The van der Waals surface area contributed by atoms with E-state index in [4.69, 9.17) is 4.74 Å². The van der Waals surface area contributed by atoms with Crippen LogP contribution in [0.4, 0.5) is 5.69 Å². The van der Waals surface area contributed by atoms with Crippen molar-refractivity contribution in [2.24, 2.45) is 0 Å². The third-order valence-electron chi connectivity index (χ3n) is 2.89. The monoisotopic (exact) mass is 315 g/mol. The molecule has 102 valence electrons. The molecule has 0 saturated heterocycles. The summed E-state index contributed by atoms with van der Waals surface area (Å²) in [5, 5.41) is 9.55. The molecule has 0 unspecified atom stereocenters. The number of anilines is 1. The van der Waals surface area contributed by atoms with Gasteiger partial charge in [-0.05, 0) is 54.4 Å². The minimum absolute atomic E-state index is 0.436. The van der Waals surface area contributed by atoms with Crippen LogP contribution in [0.2, 0.25) is 0 Å². The molecule has 1 atom stereocenters. The quantitative estimate of drug-likeness (QED) is 0.783. The van der Waals surface area contributed by atoms with Gasteiger partial charge in [0.15, 0.2) is 0 Å². The highest BCUT2D eigenvalue weighted by molar-refractivity contribution is 9.10. The van der Waals surface area contributed by atoms with Crippen molar-refractivity contribution in [1.82, 2.24) is 0 Å². The first kappa shape index (κ1) is 15.5. The highest BCUT2D eigenvalue weighted by Crippen LogP contribution is 2.29. The molecule has 0 saturated carbocycles. The van der Waals surface area contributed by atoms with Gasteiger partial charge in [0.05, 0.1) is 18.4 Å². The fourth-order valence-corrected chi connectivity index (χ4v) is 2.45. The smallest absolute Gasteiger partial charge is 0.0762 e. The predicted molar refractivity (Wildman–Crippen MR) is 79.2 cm³/mol. The Morgan fingerprint density at radius 3 is 2.61 bits per heavy atom. The number of likely N-dealkylation sites (N-methyl/N-ethyl adjacent to an activating group) is 1. The number of hydrogen-bond acceptors (Lipinski definition) is 3. The fraction of sp³-hybridized carbons (Fsp3) is 0.571. The highest BCUT2D eigenvalue weighted by Gasteiger charge is 2.10. The average Bonchev–Trinajstić information content (AvgIpc) is 2.35. The molecule has 0 fully saturated rings. The Hall–Kier alpha value is -0.580. The first-order valence-electron chi connectivity index (χ1n) is 6.40. The number of aliphatic hydroxyl groups is 1. The van der Waals surface area contributed by atoms with Gasteiger partial charge in [0.25, 0.3) is 0 Å². The van der Waals surface area contributed by atoms with Crippen LogP contribution in [0.1, 0.15) is 32.4 Å². The highest BCUT2D eigenvalue weighted by atomic mass is 79.9. The SMILES string of the molecule is CCOCCN(CC)c1ccc([C@@H](C)O)cc1Br. The first-order valence-corrected chi connectivity index (χ1v) is 7.19. The summed E-state index contributed by atoms with van der Waals surface area (Å²) in [6.45, 7) is 9.18. The Morgan fingerprint density at radius 2 is 2.11 bits per heavy atom. The van der Waals surface area contributed by atoms with Crippen molar-refractivity contribution >= 4 is 21.6 Å². The normalized spacial score (nSPS) is 12.5. The van der Waals surface area contributed by atoms with E-state index in [9.17, 15) is 5.11 Å². The predicted octanol–water partition coefficient (Wildman–Crippen LogP) is 3.37. The largest absolute Gasteiger partial charge is 0.389 e. The second kappa shape index (κ2) is 7.77. The number of halogens is 1. The summed E-state index contributed by atoms with van der Waals surface area (Å²) in [5.74, 6) is 0. The summed E-state index contributed by atoms with van der Waals surface area (Å²) in [6, 6.07) is 5.99. The number of aliphatic hydroxyl groups excluding tert-OH is 1. The molecule has 0 radical (unpaired) electrons. The van der Waals surface area contributed by atoms with Crippen LogP contribution in [-0.2, 0) is 4.74 Å². The maximum absolute atomic E-state index is 9.55. The van der Waals surface area contributed by atoms with Crippen molar-refractivity contribution in [3.05, 3.63) is 28.2 Å². The maximum atomic E-state index is 9.55. The average molecular weight is 316 g/mol. The van der Waals surface area contributed by atoms with E-state index in [2.05, 4.69) is 27.8 Å². The summed E-state index contributed by atoms with van der Waals surface area (Å²) in [4.78, 5) is 2.26. The molecule has 1 aromatic carbocycles. The topological polar surface area (TPSA) is 32.7 Å². The van der Waals surface area contributed by atoms with Gasteiger partial charge in [0, 0.05) is 24.2 Å². The van der Waals surface area contributed by atoms with Crippen LogP contribution in [0.3, 0.4) is 0 Å². The van der Waals surface area contributed by atoms with Crippen molar-refractivity contribution in [1.29, 1.82) is 0 Å². The molecular formula is C14H22BrNO2. The standard InChI is InChI=1S/C14H22BrNO2/c1-4-16(8-9-18-5-2)14-7-6-12(11(3)17)10-13(14)15/h6-7,10-11,17H,4-5,8-9H2,1-3H3/t11-/m1/s1. The Balaban J connectivity index is 2.79. The van der Waals surface area contributed by atoms with E-state index >= 15 is 0 Å². The van der Waals surface area contributed by atoms with Crippen LogP contribution in [0.5, 0.6) is 0 Å². The second-order valence-electron chi connectivity index (χ2n) is 4.16. The molecule has 0 aliphatic heterocycles. The lowest BCUT2D eigenvalue weighted by Gasteiger charge is -2.24. The number of hydrogen-bond donors (Lipinski definition) is 1. The molecule has 0 amide bonds. The minimum atomic E-state index is -0.436. The molecule has 0 aliphatic rings.